The first-order chi connectivity index (χ1) is 8.19. The van der Waals surface area contributed by atoms with E-state index in [0.717, 1.165) is 4.47 Å². The minimum atomic E-state index is -0.438. The van der Waals surface area contributed by atoms with Gasteiger partial charge in [-0.05, 0) is 24.3 Å². The van der Waals surface area contributed by atoms with Gasteiger partial charge in [0, 0.05) is 16.7 Å². The van der Waals surface area contributed by atoms with Crippen LogP contribution in [-0.4, -0.2) is 4.98 Å². The van der Waals surface area contributed by atoms with Crippen LogP contribution in [0.3, 0.4) is 0 Å². The highest BCUT2D eigenvalue weighted by molar-refractivity contribution is 9.10. The van der Waals surface area contributed by atoms with Crippen LogP contribution in [0.25, 0.3) is 0 Å². The zero-order chi connectivity index (χ0) is 12.3. The van der Waals surface area contributed by atoms with Crippen LogP contribution in [0.4, 0.5) is 10.2 Å². The first kappa shape index (κ1) is 11.8. The van der Waals surface area contributed by atoms with Crippen LogP contribution in [0.15, 0.2) is 41.0 Å². The largest absolute Gasteiger partial charge is 0.454 e. The van der Waals surface area contributed by atoms with Crippen LogP contribution >= 0.6 is 15.9 Å². The summed E-state index contributed by atoms with van der Waals surface area (Å²) in [6.45, 7) is 0. The number of nitrogen functional groups attached to an aromatic ring is 1. The van der Waals surface area contributed by atoms with Crippen molar-refractivity contribution >= 4 is 21.7 Å². The minimum absolute atomic E-state index is 0.133. The van der Waals surface area contributed by atoms with Crippen molar-refractivity contribution in [3.63, 3.8) is 0 Å². The summed E-state index contributed by atoms with van der Waals surface area (Å²) < 4.78 is 19.6. The summed E-state index contributed by atoms with van der Waals surface area (Å²) >= 11 is 3.25. The second kappa shape index (κ2) is 5.11. The van der Waals surface area contributed by atoms with E-state index in [1.807, 2.05) is 0 Å². The molecule has 3 N–H and O–H groups in total. The average Bonchev–Trinajstić information content (AvgIpc) is 2.34. The Bertz CT molecular complexity index is 536. The minimum Gasteiger partial charge on any atom is -0.454 e. The van der Waals surface area contributed by atoms with Crippen LogP contribution in [-0.2, 0) is 0 Å². The van der Waals surface area contributed by atoms with E-state index in [-0.39, 0.29) is 5.75 Å². The molecule has 0 aliphatic carbocycles. The Balaban J connectivity index is 2.27. The molecule has 1 aromatic carbocycles. The smallest absolute Gasteiger partial charge is 0.165 e. The number of rotatable bonds is 3. The first-order valence-corrected chi connectivity index (χ1v) is 5.54. The molecule has 0 atom stereocenters. The van der Waals surface area contributed by atoms with Crippen LogP contribution in [0.1, 0.15) is 0 Å². The third kappa shape index (κ3) is 2.92. The van der Waals surface area contributed by atoms with Gasteiger partial charge in [-0.2, -0.15) is 0 Å². The number of nitrogens with zero attached hydrogens (tertiary/aromatic N) is 1. The van der Waals surface area contributed by atoms with Gasteiger partial charge >= 0.3 is 0 Å². The summed E-state index contributed by atoms with van der Waals surface area (Å²) in [6, 6.07) is 7.65. The molecule has 0 amide bonds. The number of aromatic nitrogens is 1. The SMILES string of the molecule is NNc1cc(Oc2cc(Br)ccc2F)ccn1. The lowest BCUT2D eigenvalue weighted by Crippen LogP contribution is -2.08. The highest BCUT2D eigenvalue weighted by Gasteiger charge is 2.06. The maximum absolute atomic E-state index is 13.4. The summed E-state index contributed by atoms with van der Waals surface area (Å²) in [5, 5.41) is 0. The lowest BCUT2D eigenvalue weighted by molar-refractivity contribution is 0.441. The molecule has 6 heteroatoms. The predicted molar refractivity (Wildman–Crippen MR) is 66.2 cm³/mol. The number of hydrazine groups is 1. The molecule has 0 saturated carbocycles. The van der Waals surface area contributed by atoms with E-state index < -0.39 is 5.82 Å². The van der Waals surface area contributed by atoms with E-state index in [4.69, 9.17) is 10.6 Å². The normalized spacial score (nSPS) is 10.1. The zero-order valence-corrected chi connectivity index (χ0v) is 10.2. The Morgan fingerprint density at radius 1 is 1.29 bits per heavy atom. The third-order valence-corrected chi connectivity index (χ3v) is 2.49. The van der Waals surface area contributed by atoms with Crippen molar-refractivity contribution in [3.05, 3.63) is 46.8 Å². The molecular weight excluding hydrogens is 289 g/mol. The van der Waals surface area contributed by atoms with Crippen LogP contribution in [0.2, 0.25) is 0 Å². The number of nitrogens with two attached hydrogens (primary N) is 1. The molecule has 1 heterocycles. The second-order valence-corrected chi connectivity index (χ2v) is 4.11. The Morgan fingerprint density at radius 2 is 2.12 bits per heavy atom. The Morgan fingerprint density at radius 3 is 2.88 bits per heavy atom. The number of nitrogens with one attached hydrogen (secondary N) is 1. The summed E-state index contributed by atoms with van der Waals surface area (Å²) in [6.07, 6.45) is 1.51. The molecular formula is C11H9BrFN3O. The van der Waals surface area contributed by atoms with Crippen molar-refractivity contribution < 1.29 is 9.13 Å². The lowest BCUT2D eigenvalue weighted by atomic mass is 10.3. The standard InChI is InChI=1S/C11H9BrFN3O/c12-7-1-2-9(13)10(5-7)17-8-3-4-15-11(6-8)16-14/h1-6H,14H2,(H,15,16). The maximum Gasteiger partial charge on any atom is 0.165 e. The molecule has 2 aromatic rings. The summed E-state index contributed by atoms with van der Waals surface area (Å²) in [4.78, 5) is 3.92. The van der Waals surface area contributed by atoms with Gasteiger partial charge in [0.25, 0.3) is 0 Å². The maximum atomic E-state index is 13.4. The van der Waals surface area contributed by atoms with Gasteiger partial charge in [-0.1, -0.05) is 15.9 Å². The molecule has 88 valence electrons. The number of hydrogen-bond donors (Lipinski definition) is 2. The molecule has 2 rings (SSSR count). The van der Waals surface area contributed by atoms with E-state index in [2.05, 4.69) is 26.3 Å². The van der Waals surface area contributed by atoms with E-state index in [1.165, 1.54) is 12.3 Å². The molecule has 0 aliphatic rings. The highest BCUT2D eigenvalue weighted by Crippen LogP contribution is 2.28. The fourth-order valence-corrected chi connectivity index (χ4v) is 1.58. The number of anilines is 1. The van der Waals surface area contributed by atoms with Crippen LogP contribution in [0.5, 0.6) is 11.5 Å². The third-order valence-electron chi connectivity index (χ3n) is 2.00. The van der Waals surface area contributed by atoms with Gasteiger partial charge in [0.1, 0.15) is 11.6 Å². The number of ether oxygens (including phenoxy) is 1. The van der Waals surface area contributed by atoms with Gasteiger partial charge in [0.05, 0.1) is 0 Å². The molecule has 0 aliphatic heterocycles. The molecule has 17 heavy (non-hydrogen) atoms. The molecule has 0 fully saturated rings. The molecule has 0 bridgehead atoms. The average molecular weight is 298 g/mol. The first-order valence-electron chi connectivity index (χ1n) is 4.74. The second-order valence-electron chi connectivity index (χ2n) is 3.20. The summed E-state index contributed by atoms with van der Waals surface area (Å²) in [5.74, 6) is 5.80. The predicted octanol–water partition coefficient (Wildman–Crippen LogP) is 3.06. The van der Waals surface area contributed by atoms with Crippen molar-refractivity contribution in [2.24, 2.45) is 5.84 Å². The van der Waals surface area contributed by atoms with Crippen molar-refractivity contribution in [1.29, 1.82) is 0 Å². The van der Waals surface area contributed by atoms with Gasteiger partial charge in [0.15, 0.2) is 11.6 Å². The monoisotopic (exact) mass is 297 g/mol. The number of hydrogen-bond acceptors (Lipinski definition) is 4. The quantitative estimate of drug-likeness (QED) is 0.675. The Kier molecular flexibility index (Phi) is 3.55. The van der Waals surface area contributed by atoms with Crippen LogP contribution < -0.4 is 16.0 Å². The van der Waals surface area contributed by atoms with E-state index in [0.29, 0.717) is 11.6 Å². The molecule has 0 radical (unpaired) electrons. The highest BCUT2D eigenvalue weighted by atomic mass is 79.9. The van der Waals surface area contributed by atoms with Crippen molar-refractivity contribution in [3.8, 4) is 11.5 Å². The van der Waals surface area contributed by atoms with Gasteiger partial charge < -0.3 is 10.2 Å². The molecule has 4 nitrogen and oxygen atoms in total. The fraction of sp³-hybridized carbons (Fsp3) is 0. The van der Waals surface area contributed by atoms with Gasteiger partial charge in [-0.25, -0.2) is 15.2 Å². The molecule has 0 unspecified atom stereocenters. The number of halogens is 2. The van der Waals surface area contributed by atoms with Crippen molar-refractivity contribution in [1.82, 2.24) is 4.98 Å². The van der Waals surface area contributed by atoms with Gasteiger partial charge in [0.2, 0.25) is 0 Å². The van der Waals surface area contributed by atoms with Gasteiger partial charge in [-0.15, -0.1) is 0 Å². The summed E-state index contributed by atoms with van der Waals surface area (Å²) in [7, 11) is 0. The molecule has 1 aromatic heterocycles. The van der Waals surface area contributed by atoms with E-state index in [9.17, 15) is 4.39 Å². The van der Waals surface area contributed by atoms with Gasteiger partial charge in [-0.3, -0.25) is 0 Å². The van der Waals surface area contributed by atoms with Crippen LogP contribution in [0, 0.1) is 5.82 Å². The Hall–Kier alpha value is -1.66. The Labute approximate surface area is 106 Å². The number of pyridine rings is 1. The van der Waals surface area contributed by atoms with E-state index >= 15 is 0 Å². The number of benzene rings is 1. The lowest BCUT2D eigenvalue weighted by Gasteiger charge is -2.08. The molecule has 0 saturated heterocycles. The topological polar surface area (TPSA) is 60.2 Å². The van der Waals surface area contributed by atoms with Crippen molar-refractivity contribution in [2.75, 3.05) is 5.43 Å². The zero-order valence-electron chi connectivity index (χ0n) is 8.65. The fourth-order valence-electron chi connectivity index (χ4n) is 1.24. The van der Waals surface area contributed by atoms with E-state index in [1.54, 1.807) is 24.3 Å². The van der Waals surface area contributed by atoms with Crippen molar-refractivity contribution in [2.45, 2.75) is 0 Å². The summed E-state index contributed by atoms with van der Waals surface area (Å²) in [5.41, 5.74) is 2.39. The molecule has 0 spiro atoms.